The molecular weight excluding hydrogens is 402 g/mol. The minimum atomic E-state index is -3.48. The van der Waals surface area contributed by atoms with Gasteiger partial charge in [-0.1, -0.05) is 19.9 Å². The predicted octanol–water partition coefficient (Wildman–Crippen LogP) is 3.21. The number of nitrogens with zero attached hydrogens (tertiary/aromatic N) is 3. The molecule has 2 amide bonds. The van der Waals surface area contributed by atoms with Crippen molar-refractivity contribution in [2.45, 2.75) is 69.9 Å². The number of carbonyl (C=O) groups is 1. The first-order valence-corrected chi connectivity index (χ1v) is 12.2. The number of aromatic nitrogens is 2. The summed E-state index contributed by atoms with van der Waals surface area (Å²) in [5.41, 5.74) is 5.86. The molecule has 160 valence electrons. The third-order valence-electron chi connectivity index (χ3n) is 6.36. The standard InChI is InChI=1S/C21H27N5O3S/c1-12(2)17-11-26-20(29-17)18(10-23-26)30(22,28)25-21(27)24-19-15-7-3-5-13(15)9-14-6-4-8-16(14)19/h9-10,12,17H,3-8,11H2,1-2H3,(H3,22,24,25,27,28)/t17-,30+/m0/s1. The first-order valence-electron chi connectivity index (χ1n) is 10.6. The molecule has 2 atom stereocenters. The number of anilines is 1. The van der Waals surface area contributed by atoms with Gasteiger partial charge in [-0.2, -0.15) is 5.10 Å². The van der Waals surface area contributed by atoms with Gasteiger partial charge in [0.05, 0.1) is 12.7 Å². The number of urea groups is 1. The van der Waals surface area contributed by atoms with Crippen LogP contribution in [-0.2, 0) is 42.1 Å². The quantitative estimate of drug-likeness (QED) is 0.780. The molecule has 0 bridgehead atoms. The second kappa shape index (κ2) is 7.09. The lowest BCUT2D eigenvalue weighted by molar-refractivity contribution is 0.173. The van der Waals surface area contributed by atoms with Crippen molar-refractivity contribution in [2.24, 2.45) is 15.4 Å². The van der Waals surface area contributed by atoms with Crippen LogP contribution in [0.5, 0.6) is 5.88 Å². The first-order chi connectivity index (χ1) is 14.3. The Morgan fingerprint density at radius 1 is 1.27 bits per heavy atom. The van der Waals surface area contributed by atoms with E-state index in [0.29, 0.717) is 12.4 Å². The largest absolute Gasteiger partial charge is 0.471 e. The van der Waals surface area contributed by atoms with Gasteiger partial charge < -0.3 is 10.1 Å². The van der Waals surface area contributed by atoms with Crippen LogP contribution in [0, 0.1) is 5.92 Å². The lowest BCUT2D eigenvalue weighted by atomic mass is 9.99. The molecule has 9 heteroatoms. The van der Waals surface area contributed by atoms with E-state index in [-0.39, 0.29) is 16.9 Å². The van der Waals surface area contributed by atoms with Gasteiger partial charge in [0.25, 0.3) is 0 Å². The first kappa shape index (κ1) is 19.6. The van der Waals surface area contributed by atoms with Crippen LogP contribution in [0.1, 0.15) is 48.9 Å². The highest BCUT2D eigenvalue weighted by molar-refractivity contribution is 7.91. The average molecular weight is 430 g/mol. The van der Waals surface area contributed by atoms with Crippen molar-refractivity contribution in [1.82, 2.24) is 9.78 Å². The van der Waals surface area contributed by atoms with Gasteiger partial charge in [-0.25, -0.2) is 18.8 Å². The number of nitrogens with one attached hydrogen (secondary N) is 1. The zero-order valence-corrected chi connectivity index (χ0v) is 18.1. The van der Waals surface area contributed by atoms with Crippen LogP contribution in [-0.4, -0.2) is 26.1 Å². The Labute approximate surface area is 176 Å². The highest BCUT2D eigenvalue weighted by atomic mass is 32.2. The fraction of sp³-hybridized carbons (Fsp3) is 0.524. The van der Waals surface area contributed by atoms with Crippen LogP contribution in [0.25, 0.3) is 0 Å². The smallest absolute Gasteiger partial charge is 0.354 e. The van der Waals surface area contributed by atoms with E-state index in [9.17, 15) is 9.00 Å². The summed E-state index contributed by atoms with van der Waals surface area (Å²) in [5, 5.41) is 13.2. The normalized spacial score (nSPS) is 21.0. The van der Waals surface area contributed by atoms with E-state index in [0.717, 1.165) is 44.2 Å². The van der Waals surface area contributed by atoms with Crippen molar-refractivity contribution in [2.75, 3.05) is 5.32 Å². The Morgan fingerprint density at radius 2 is 1.93 bits per heavy atom. The second-order valence-corrected chi connectivity index (χ2v) is 10.5. The molecule has 2 aromatic rings. The van der Waals surface area contributed by atoms with Crippen molar-refractivity contribution in [3.8, 4) is 5.88 Å². The Hall–Kier alpha value is -2.39. The van der Waals surface area contributed by atoms with E-state index >= 15 is 0 Å². The maximum atomic E-state index is 13.2. The number of aryl methyl sites for hydroxylation is 2. The molecule has 0 fully saturated rings. The Balaban J connectivity index is 1.45. The average Bonchev–Trinajstić information content (AvgIpc) is 3.43. The SMILES string of the molecule is CC(C)[C@@H]1Cn2ncc([S@](N)(=O)=NC(=O)Nc3c4c(cc5c3CCC5)CCC4)c2O1. The zero-order valence-electron chi connectivity index (χ0n) is 17.3. The van der Waals surface area contributed by atoms with Gasteiger partial charge in [-0.05, 0) is 66.7 Å². The van der Waals surface area contributed by atoms with Crippen LogP contribution in [0.2, 0.25) is 0 Å². The fourth-order valence-electron chi connectivity index (χ4n) is 4.77. The topological polar surface area (TPSA) is 112 Å². The van der Waals surface area contributed by atoms with Gasteiger partial charge in [0.1, 0.15) is 11.0 Å². The number of ether oxygens (including phenoxy) is 1. The van der Waals surface area contributed by atoms with Crippen LogP contribution < -0.4 is 15.2 Å². The minimum absolute atomic E-state index is 0.0639. The molecule has 1 aromatic carbocycles. The number of rotatable bonds is 3. The van der Waals surface area contributed by atoms with Crippen LogP contribution in [0.15, 0.2) is 21.5 Å². The summed E-state index contributed by atoms with van der Waals surface area (Å²) in [6.07, 6.45) is 7.45. The van der Waals surface area contributed by atoms with Crippen LogP contribution >= 0.6 is 0 Å². The molecule has 3 aliphatic rings. The molecule has 1 aliphatic heterocycles. The minimum Gasteiger partial charge on any atom is -0.471 e. The monoisotopic (exact) mass is 429 g/mol. The van der Waals surface area contributed by atoms with Gasteiger partial charge in [0.2, 0.25) is 5.88 Å². The van der Waals surface area contributed by atoms with Gasteiger partial charge in [0, 0.05) is 5.69 Å². The second-order valence-electron chi connectivity index (χ2n) is 8.72. The zero-order chi connectivity index (χ0) is 21.0. The summed E-state index contributed by atoms with van der Waals surface area (Å²) in [6, 6.07) is 1.61. The third-order valence-corrected chi connectivity index (χ3v) is 7.70. The molecule has 0 spiro atoms. The van der Waals surface area contributed by atoms with Crippen LogP contribution in [0.4, 0.5) is 10.5 Å². The van der Waals surface area contributed by atoms with Gasteiger partial charge in [-0.15, -0.1) is 4.36 Å². The van der Waals surface area contributed by atoms with Gasteiger partial charge in [-0.3, -0.25) is 0 Å². The van der Waals surface area contributed by atoms with Crippen LogP contribution in [0.3, 0.4) is 0 Å². The lowest BCUT2D eigenvalue weighted by Gasteiger charge is -2.15. The summed E-state index contributed by atoms with van der Waals surface area (Å²) in [6.45, 7) is 4.66. The van der Waals surface area contributed by atoms with E-state index < -0.39 is 15.9 Å². The lowest BCUT2D eigenvalue weighted by Crippen LogP contribution is -2.22. The molecule has 0 unspecified atom stereocenters. The maximum absolute atomic E-state index is 13.2. The number of amides is 2. The summed E-state index contributed by atoms with van der Waals surface area (Å²) in [4.78, 5) is 13.0. The molecule has 8 nitrogen and oxygen atoms in total. The highest BCUT2D eigenvalue weighted by Crippen LogP contribution is 2.39. The van der Waals surface area contributed by atoms with E-state index in [1.54, 1.807) is 4.68 Å². The molecule has 5 rings (SSSR count). The fourth-order valence-corrected chi connectivity index (χ4v) is 5.77. The molecular formula is C21H27N5O3S. The molecule has 2 aliphatic carbocycles. The van der Waals surface area contributed by atoms with Gasteiger partial charge >= 0.3 is 6.03 Å². The summed E-state index contributed by atoms with van der Waals surface area (Å²) in [7, 11) is -3.48. The molecule has 1 aromatic heterocycles. The number of benzene rings is 1. The number of nitrogens with two attached hydrogens (primary N) is 1. The Kier molecular flexibility index (Phi) is 4.62. The number of hydrogen-bond donors (Lipinski definition) is 2. The van der Waals surface area contributed by atoms with Crippen molar-refractivity contribution in [1.29, 1.82) is 0 Å². The van der Waals surface area contributed by atoms with Gasteiger partial charge in [0.15, 0.2) is 9.92 Å². The predicted molar refractivity (Wildman–Crippen MR) is 114 cm³/mol. The molecule has 0 saturated heterocycles. The van der Waals surface area contributed by atoms with Crippen molar-refractivity contribution < 1.29 is 13.7 Å². The maximum Gasteiger partial charge on any atom is 0.354 e. The number of carbonyl (C=O) groups excluding carboxylic acids is 1. The number of hydrogen-bond acceptors (Lipinski definition) is 4. The Morgan fingerprint density at radius 3 is 2.57 bits per heavy atom. The van der Waals surface area contributed by atoms with E-state index in [4.69, 9.17) is 9.88 Å². The summed E-state index contributed by atoms with van der Waals surface area (Å²) >= 11 is 0. The molecule has 0 radical (unpaired) electrons. The molecule has 3 N–H and O–H groups in total. The summed E-state index contributed by atoms with van der Waals surface area (Å²) in [5.74, 6) is 0.620. The Bertz CT molecular complexity index is 1130. The van der Waals surface area contributed by atoms with Crippen molar-refractivity contribution in [3.05, 3.63) is 34.5 Å². The van der Waals surface area contributed by atoms with E-state index in [1.807, 2.05) is 13.8 Å². The highest BCUT2D eigenvalue weighted by Gasteiger charge is 2.32. The van der Waals surface area contributed by atoms with Crippen molar-refractivity contribution in [3.63, 3.8) is 0 Å². The molecule has 2 heterocycles. The molecule has 0 saturated carbocycles. The molecule has 30 heavy (non-hydrogen) atoms. The van der Waals surface area contributed by atoms with E-state index in [2.05, 4.69) is 20.8 Å². The van der Waals surface area contributed by atoms with E-state index in [1.165, 1.54) is 28.5 Å². The van der Waals surface area contributed by atoms with Crippen molar-refractivity contribution >= 4 is 21.6 Å². The number of fused-ring (bicyclic) bond motifs is 3. The third kappa shape index (κ3) is 3.20. The summed E-state index contributed by atoms with van der Waals surface area (Å²) < 4.78 is 24.6.